The van der Waals surface area contributed by atoms with Gasteiger partial charge in [0.05, 0.1) is 23.6 Å². The molecule has 3 amide bonds. The maximum Gasteiger partial charge on any atom is 0.405 e. The van der Waals surface area contributed by atoms with E-state index in [1.54, 1.807) is 38.2 Å². The van der Waals surface area contributed by atoms with Crippen molar-refractivity contribution in [2.24, 2.45) is 23.5 Å². The van der Waals surface area contributed by atoms with E-state index in [4.69, 9.17) is 19.9 Å². The van der Waals surface area contributed by atoms with Gasteiger partial charge in [0.15, 0.2) is 6.61 Å². The molecule has 11 nitrogen and oxygen atoms in total. The Morgan fingerprint density at radius 2 is 1.95 bits per heavy atom. The van der Waals surface area contributed by atoms with Crippen LogP contribution in [0, 0.1) is 17.8 Å². The number of nitrogens with zero attached hydrogens (tertiary/aromatic N) is 1. The zero-order valence-corrected chi connectivity index (χ0v) is 26.3. The summed E-state index contributed by atoms with van der Waals surface area (Å²) in [6.07, 6.45) is 6.05. The summed E-state index contributed by atoms with van der Waals surface area (Å²) in [4.78, 5) is 39.2. The molecule has 2 heterocycles. The summed E-state index contributed by atoms with van der Waals surface area (Å²) in [6.45, 7) is 12.9. The van der Waals surface area contributed by atoms with Crippen molar-refractivity contribution in [3.05, 3.63) is 59.7 Å². The topological polar surface area (TPSA) is 161 Å². The van der Waals surface area contributed by atoms with Crippen molar-refractivity contribution in [1.29, 1.82) is 0 Å². The molecule has 0 aromatic heterocycles. The summed E-state index contributed by atoms with van der Waals surface area (Å²) in [6, 6.07) is 1.51. The number of ether oxygens (including phenoxy) is 3. The summed E-state index contributed by atoms with van der Waals surface area (Å²) in [5, 5.41) is 25.6. The molecule has 3 rings (SSSR count). The van der Waals surface area contributed by atoms with Crippen molar-refractivity contribution in [3.63, 3.8) is 0 Å². The van der Waals surface area contributed by atoms with Crippen LogP contribution in [-0.4, -0.2) is 66.7 Å². The normalized spacial score (nSPS) is 30.0. The third-order valence-electron chi connectivity index (χ3n) is 8.04. The molecule has 6 atom stereocenters. The lowest BCUT2D eigenvalue weighted by molar-refractivity contribution is -0.121. The van der Waals surface area contributed by atoms with E-state index >= 15 is 0 Å². The predicted molar refractivity (Wildman–Crippen MR) is 169 cm³/mol. The third-order valence-corrected chi connectivity index (χ3v) is 8.04. The van der Waals surface area contributed by atoms with Crippen LogP contribution in [0.5, 0.6) is 11.5 Å². The number of fused-ring (bicyclic) bond motifs is 4. The highest BCUT2D eigenvalue weighted by Gasteiger charge is 2.33. The van der Waals surface area contributed by atoms with Gasteiger partial charge in [-0.05, 0) is 38.2 Å². The number of benzene rings is 1. The van der Waals surface area contributed by atoms with E-state index in [0.29, 0.717) is 34.6 Å². The van der Waals surface area contributed by atoms with Crippen LogP contribution in [0.4, 0.5) is 16.2 Å². The van der Waals surface area contributed by atoms with E-state index in [-0.39, 0.29) is 54.7 Å². The Labute approximate surface area is 259 Å². The van der Waals surface area contributed by atoms with Crippen LogP contribution in [0.1, 0.15) is 46.6 Å². The van der Waals surface area contributed by atoms with Gasteiger partial charge in [-0.15, -0.1) is 6.58 Å². The van der Waals surface area contributed by atoms with Gasteiger partial charge in [0, 0.05) is 42.7 Å². The number of hydrogen-bond acceptors (Lipinski definition) is 8. The molecular formula is C33H45N3O8. The molecule has 2 bridgehead atoms. The van der Waals surface area contributed by atoms with Crippen LogP contribution in [0.3, 0.4) is 0 Å². The van der Waals surface area contributed by atoms with Gasteiger partial charge < -0.3 is 40.4 Å². The second-order valence-corrected chi connectivity index (χ2v) is 11.7. The number of hydrogen-bond donors (Lipinski definition) is 4. The van der Waals surface area contributed by atoms with E-state index in [0.717, 1.165) is 0 Å². The van der Waals surface area contributed by atoms with Crippen LogP contribution in [0.25, 0.3) is 0 Å². The molecule has 5 N–H and O–H groups in total. The van der Waals surface area contributed by atoms with Gasteiger partial charge in [-0.2, -0.15) is 0 Å². The first-order valence-corrected chi connectivity index (χ1v) is 14.7. The summed E-state index contributed by atoms with van der Waals surface area (Å²) in [5.41, 5.74) is 7.40. The number of aliphatic hydroxyl groups excluding tert-OH is 1. The monoisotopic (exact) mass is 611 g/mol. The maximum absolute atomic E-state index is 13.2. The fraction of sp³-hybridized carbons (Fsp3) is 0.485. The molecule has 240 valence electrons. The summed E-state index contributed by atoms with van der Waals surface area (Å²) >= 11 is 0. The average molecular weight is 612 g/mol. The number of allylic oxidation sites excluding steroid dienone is 2. The molecule has 1 aromatic carbocycles. The fourth-order valence-electron chi connectivity index (χ4n) is 5.71. The van der Waals surface area contributed by atoms with E-state index in [1.807, 2.05) is 26.8 Å². The van der Waals surface area contributed by atoms with Gasteiger partial charge in [0.2, 0.25) is 0 Å². The number of phenolic OH excluding ortho intramolecular Hbond substituents is 1. The van der Waals surface area contributed by atoms with Crippen molar-refractivity contribution in [3.8, 4) is 11.5 Å². The molecule has 44 heavy (non-hydrogen) atoms. The lowest BCUT2D eigenvalue weighted by Gasteiger charge is -2.33. The fourth-order valence-corrected chi connectivity index (χ4v) is 5.71. The Morgan fingerprint density at radius 3 is 2.59 bits per heavy atom. The number of aliphatic hydroxyl groups is 1. The molecule has 1 aromatic rings. The number of nitrogens with one attached hydrogen (secondary N) is 1. The number of anilines is 2. The maximum atomic E-state index is 13.2. The molecule has 2 aliphatic heterocycles. The van der Waals surface area contributed by atoms with Gasteiger partial charge >= 0.3 is 6.09 Å². The van der Waals surface area contributed by atoms with Crippen LogP contribution < -0.4 is 20.7 Å². The third kappa shape index (κ3) is 8.09. The Kier molecular flexibility index (Phi) is 11.8. The largest absolute Gasteiger partial charge is 0.505 e. The molecule has 11 heteroatoms. The second-order valence-electron chi connectivity index (χ2n) is 11.7. The average Bonchev–Trinajstić information content (AvgIpc) is 2.96. The zero-order chi connectivity index (χ0) is 32.7. The van der Waals surface area contributed by atoms with Crippen LogP contribution in [0.15, 0.2) is 54.2 Å². The quantitative estimate of drug-likeness (QED) is 0.288. The highest BCUT2D eigenvalue weighted by molar-refractivity contribution is 6.06. The highest BCUT2D eigenvalue weighted by atomic mass is 16.6. The predicted octanol–water partition coefficient (Wildman–Crippen LogP) is 4.39. The van der Waals surface area contributed by atoms with Crippen molar-refractivity contribution in [2.75, 3.05) is 30.5 Å². The van der Waals surface area contributed by atoms with Crippen LogP contribution >= 0.6 is 0 Å². The van der Waals surface area contributed by atoms with Gasteiger partial charge in [-0.3, -0.25) is 9.59 Å². The molecule has 0 unspecified atom stereocenters. The summed E-state index contributed by atoms with van der Waals surface area (Å²) in [5.74, 6) is -1.43. The number of amides is 3. The minimum atomic E-state index is -0.925. The number of rotatable bonds is 4. The van der Waals surface area contributed by atoms with E-state index in [2.05, 4.69) is 11.9 Å². The van der Waals surface area contributed by atoms with Gasteiger partial charge in [-0.25, -0.2) is 4.79 Å². The van der Waals surface area contributed by atoms with Crippen molar-refractivity contribution >= 4 is 29.3 Å². The summed E-state index contributed by atoms with van der Waals surface area (Å²) < 4.78 is 16.9. The van der Waals surface area contributed by atoms with Gasteiger partial charge in [0.1, 0.15) is 17.6 Å². The minimum Gasteiger partial charge on any atom is -0.505 e. The first-order chi connectivity index (χ1) is 20.8. The first-order valence-electron chi connectivity index (χ1n) is 14.7. The number of nitrogens with two attached hydrogens (primary N) is 1. The van der Waals surface area contributed by atoms with E-state index < -0.39 is 30.3 Å². The summed E-state index contributed by atoms with van der Waals surface area (Å²) in [7, 11) is 1.52. The number of carbonyl (C=O) groups is 3. The lowest BCUT2D eigenvalue weighted by Crippen LogP contribution is -2.40. The molecule has 0 saturated carbocycles. The number of carbonyl (C=O) groups excluding carboxylic acids is 3. The van der Waals surface area contributed by atoms with E-state index in [9.17, 15) is 24.6 Å². The Balaban J connectivity index is 2.15. The molecule has 2 aliphatic rings. The van der Waals surface area contributed by atoms with Crippen molar-refractivity contribution < 1.29 is 38.8 Å². The zero-order valence-electron chi connectivity index (χ0n) is 26.3. The lowest BCUT2D eigenvalue weighted by atomic mass is 9.87. The number of methoxy groups -OCH3 is 1. The molecule has 0 radical (unpaired) electrons. The second kappa shape index (κ2) is 15.1. The Bertz CT molecular complexity index is 1350. The molecule has 0 aliphatic carbocycles. The highest BCUT2D eigenvalue weighted by Crippen LogP contribution is 2.46. The Morgan fingerprint density at radius 1 is 1.25 bits per heavy atom. The van der Waals surface area contributed by atoms with Crippen molar-refractivity contribution in [1.82, 2.24) is 0 Å². The standard InChI is InChI=1S/C33H45N3O8/c1-8-12-36-27(37)17-43-25-16-24-30(39)23(28(25)36)13-18(2)14-26(42-7)29(38)21(5)15-22(6)31(44-33(34)41)19(3)10-9-11-20(4)32(40)35-24/h8-11,15-16,18-19,21,26,29,31,38-39H,1,12-14,17H2,2-7H3,(H2,34,41)(H,35,40)/b10-9-,20-11+,22-15+/t18-,19+,21+,26+,29-,31-/m1/s1. The first kappa shape index (κ1) is 34.4. The number of phenols is 1. The SMILES string of the molecule is C=CCN1C(=O)COc2cc3c(O)c(c21)C[C@@H](C)C[C@H](OC)[C@H](O)[C@@H](C)/C=C(\C)[C@H](OC(N)=O)[C@@H](C)/C=C\C=C(/C)C(=O)N3. The van der Waals surface area contributed by atoms with Crippen molar-refractivity contribution in [2.45, 2.75) is 65.8 Å². The van der Waals surface area contributed by atoms with Gasteiger partial charge in [-0.1, -0.05) is 51.2 Å². The van der Waals surface area contributed by atoms with Crippen LogP contribution in [0.2, 0.25) is 0 Å². The van der Waals surface area contributed by atoms with Crippen LogP contribution in [-0.2, 0) is 25.5 Å². The smallest absolute Gasteiger partial charge is 0.405 e. The molecule has 0 fully saturated rings. The van der Waals surface area contributed by atoms with E-state index in [1.165, 1.54) is 18.1 Å². The molecular weight excluding hydrogens is 566 g/mol. The van der Waals surface area contributed by atoms with Gasteiger partial charge in [0.25, 0.3) is 11.8 Å². The number of aromatic hydroxyl groups is 1. The molecule has 0 spiro atoms. The minimum absolute atomic E-state index is 0.138. The Hall–Kier alpha value is -4.09. The number of primary amides is 1. The molecule has 0 saturated heterocycles.